The van der Waals surface area contributed by atoms with E-state index in [-0.39, 0.29) is 18.8 Å². The van der Waals surface area contributed by atoms with Crippen LogP contribution in [0.15, 0.2) is 0 Å². The van der Waals surface area contributed by atoms with E-state index in [1.54, 1.807) is 6.92 Å². The summed E-state index contributed by atoms with van der Waals surface area (Å²) < 4.78 is 15.6. The molecule has 0 aliphatic carbocycles. The van der Waals surface area contributed by atoms with Gasteiger partial charge in [0.1, 0.15) is 12.0 Å². The minimum absolute atomic E-state index is 0.193. The molecule has 0 bridgehead atoms. The van der Waals surface area contributed by atoms with E-state index in [1.165, 1.54) is 0 Å². The molecule has 0 aromatic rings. The molecule has 1 heterocycles. The van der Waals surface area contributed by atoms with Gasteiger partial charge >= 0.3 is 5.97 Å². The van der Waals surface area contributed by atoms with E-state index in [9.17, 15) is 9.59 Å². The van der Waals surface area contributed by atoms with Crippen LogP contribution in [0.3, 0.4) is 0 Å². The van der Waals surface area contributed by atoms with Crippen LogP contribution in [-0.4, -0.2) is 43.8 Å². The molecule has 17 heavy (non-hydrogen) atoms. The molecule has 5 nitrogen and oxygen atoms in total. The second-order valence-corrected chi connectivity index (χ2v) is 3.94. The monoisotopic (exact) mass is 244 g/mol. The van der Waals surface area contributed by atoms with Crippen molar-refractivity contribution >= 4 is 11.8 Å². The highest BCUT2D eigenvalue weighted by molar-refractivity contribution is 6.00. The highest BCUT2D eigenvalue weighted by atomic mass is 16.5. The summed E-state index contributed by atoms with van der Waals surface area (Å²) in [6.07, 6.45) is 0.812. The van der Waals surface area contributed by atoms with Crippen molar-refractivity contribution < 1.29 is 23.8 Å². The number of ketones is 1. The molecule has 0 aromatic carbocycles. The molecular weight excluding hydrogens is 224 g/mol. The fourth-order valence-corrected chi connectivity index (χ4v) is 1.99. The number of hydrogen-bond donors (Lipinski definition) is 0. The average Bonchev–Trinajstić information content (AvgIpc) is 2.30. The summed E-state index contributed by atoms with van der Waals surface area (Å²) in [6.45, 7) is 5.29. The summed E-state index contributed by atoms with van der Waals surface area (Å²) in [7, 11) is 0. The predicted molar refractivity (Wildman–Crippen MR) is 60.7 cm³/mol. The predicted octanol–water partition coefficient (Wildman–Crippen LogP) is 1.09. The maximum absolute atomic E-state index is 12.1. The summed E-state index contributed by atoms with van der Waals surface area (Å²) >= 11 is 0. The van der Waals surface area contributed by atoms with Crippen molar-refractivity contribution in [2.45, 2.75) is 38.7 Å². The molecule has 5 heteroatoms. The van der Waals surface area contributed by atoms with Crippen molar-refractivity contribution in [3.05, 3.63) is 0 Å². The van der Waals surface area contributed by atoms with Gasteiger partial charge < -0.3 is 14.2 Å². The lowest BCUT2D eigenvalue weighted by molar-refractivity contribution is -0.163. The lowest BCUT2D eigenvalue weighted by Crippen LogP contribution is -2.47. The number of carbonyl (C=O) groups is 2. The zero-order valence-corrected chi connectivity index (χ0v) is 10.5. The third kappa shape index (κ3) is 3.78. The molecule has 98 valence electrons. The van der Waals surface area contributed by atoms with Crippen molar-refractivity contribution in [1.82, 2.24) is 0 Å². The highest BCUT2D eigenvalue weighted by Gasteiger charge is 2.41. The first-order valence-electron chi connectivity index (χ1n) is 6.05. The molecule has 0 spiro atoms. The van der Waals surface area contributed by atoms with Crippen LogP contribution in [0.5, 0.6) is 0 Å². The number of rotatable bonds is 6. The molecule has 1 aliphatic heterocycles. The van der Waals surface area contributed by atoms with Crippen LogP contribution in [0, 0.1) is 0 Å². The second kappa shape index (κ2) is 6.71. The zero-order chi connectivity index (χ0) is 12.7. The largest absolute Gasteiger partial charge is 0.466 e. The summed E-state index contributed by atoms with van der Waals surface area (Å²) in [5.74, 6) is -0.677. The van der Waals surface area contributed by atoms with Crippen molar-refractivity contribution in [2.75, 3.05) is 26.4 Å². The topological polar surface area (TPSA) is 61.8 Å². The Morgan fingerprint density at radius 3 is 2.35 bits per heavy atom. The van der Waals surface area contributed by atoms with Crippen molar-refractivity contribution in [2.24, 2.45) is 0 Å². The van der Waals surface area contributed by atoms with E-state index in [2.05, 4.69) is 0 Å². The van der Waals surface area contributed by atoms with E-state index < -0.39 is 11.6 Å². The molecule has 0 amide bonds. The first-order valence-corrected chi connectivity index (χ1v) is 6.05. The number of ether oxygens (including phenoxy) is 3. The van der Waals surface area contributed by atoms with Crippen LogP contribution in [0.1, 0.15) is 33.1 Å². The van der Waals surface area contributed by atoms with Gasteiger partial charge in [-0.25, -0.2) is 0 Å². The van der Waals surface area contributed by atoms with E-state index in [1.807, 2.05) is 6.92 Å². The Morgan fingerprint density at radius 2 is 1.82 bits per heavy atom. The average molecular weight is 244 g/mol. The summed E-state index contributed by atoms with van der Waals surface area (Å²) in [5.41, 5.74) is -0.847. The molecule has 0 N–H and O–H groups in total. The number of Topliss-reactive ketones (excluding diaryl/α,β-unsaturated/α-hetero) is 1. The molecule has 0 unspecified atom stereocenters. The molecule has 0 atom stereocenters. The van der Waals surface area contributed by atoms with Gasteiger partial charge in [-0.2, -0.15) is 0 Å². The third-order valence-electron chi connectivity index (χ3n) is 2.84. The van der Waals surface area contributed by atoms with Gasteiger partial charge in [0.25, 0.3) is 0 Å². The Morgan fingerprint density at radius 1 is 1.18 bits per heavy atom. The highest BCUT2D eigenvalue weighted by Crippen LogP contribution is 2.27. The molecule has 1 rings (SSSR count). The molecule has 1 fully saturated rings. The van der Waals surface area contributed by atoms with Gasteiger partial charge in [-0.3, -0.25) is 9.59 Å². The third-order valence-corrected chi connectivity index (χ3v) is 2.84. The Hall–Kier alpha value is -0.940. The van der Waals surface area contributed by atoms with Gasteiger partial charge in [0.05, 0.1) is 6.61 Å². The van der Waals surface area contributed by atoms with Crippen LogP contribution in [0.4, 0.5) is 0 Å². The normalized spacial score (nSPS) is 18.7. The van der Waals surface area contributed by atoms with Crippen molar-refractivity contribution in [1.29, 1.82) is 0 Å². The quantitative estimate of drug-likeness (QED) is 0.517. The lowest BCUT2D eigenvalue weighted by Gasteiger charge is -2.35. The molecule has 0 saturated carbocycles. The number of carbonyl (C=O) groups excluding carboxylic acids is 2. The Kier molecular flexibility index (Phi) is 5.58. The van der Waals surface area contributed by atoms with Crippen LogP contribution in [0.2, 0.25) is 0 Å². The lowest BCUT2D eigenvalue weighted by atomic mass is 9.87. The molecule has 1 saturated heterocycles. The minimum atomic E-state index is -0.847. The Bertz CT molecular complexity index is 263. The fourth-order valence-electron chi connectivity index (χ4n) is 1.99. The molecule has 1 aliphatic rings. The zero-order valence-electron chi connectivity index (χ0n) is 10.5. The molecular formula is C12H20O5. The van der Waals surface area contributed by atoms with Gasteiger partial charge in [0.15, 0.2) is 5.78 Å². The van der Waals surface area contributed by atoms with Gasteiger partial charge in [-0.1, -0.05) is 0 Å². The van der Waals surface area contributed by atoms with Crippen LogP contribution < -0.4 is 0 Å². The smallest absolute Gasteiger partial charge is 0.313 e. The van der Waals surface area contributed by atoms with E-state index in [4.69, 9.17) is 14.2 Å². The van der Waals surface area contributed by atoms with Crippen LogP contribution >= 0.6 is 0 Å². The summed E-state index contributed by atoms with van der Waals surface area (Å²) in [5, 5.41) is 0. The first-order chi connectivity index (χ1) is 8.14. The molecule has 0 radical (unpaired) electrons. The maximum atomic E-state index is 12.1. The van der Waals surface area contributed by atoms with E-state index >= 15 is 0 Å². The van der Waals surface area contributed by atoms with Gasteiger partial charge in [-0.05, 0) is 13.8 Å². The van der Waals surface area contributed by atoms with Gasteiger partial charge in [-0.15, -0.1) is 0 Å². The van der Waals surface area contributed by atoms with E-state index in [0.717, 1.165) is 0 Å². The molecule has 0 aromatic heterocycles. The van der Waals surface area contributed by atoms with Crippen LogP contribution in [-0.2, 0) is 23.8 Å². The Labute approximate surface area is 101 Å². The number of esters is 1. The van der Waals surface area contributed by atoms with Gasteiger partial charge in [0, 0.05) is 32.7 Å². The fraction of sp³-hybridized carbons (Fsp3) is 0.833. The SMILES string of the molecule is CCOC(=O)CC(=O)C1(OCC)CCOCC1. The maximum Gasteiger partial charge on any atom is 0.313 e. The van der Waals surface area contributed by atoms with Crippen molar-refractivity contribution in [3.8, 4) is 0 Å². The van der Waals surface area contributed by atoms with Crippen LogP contribution in [0.25, 0.3) is 0 Å². The Balaban J connectivity index is 2.62. The van der Waals surface area contributed by atoms with Gasteiger partial charge in [0.2, 0.25) is 0 Å². The number of hydrogen-bond acceptors (Lipinski definition) is 5. The van der Waals surface area contributed by atoms with E-state index in [0.29, 0.717) is 32.7 Å². The first kappa shape index (κ1) is 14.1. The second-order valence-electron chi connectivity index (χ2n) is 3.94. The summed E-state index contributed by atoms with van der Waals surface area (Å²) in [6, 6.07) is 0. The van der Waals surface area contributed by atoms with Crippen molar-refractivity contribution in [3.63, 3.8) is 0 Å². The minimum Gasteiger partial charge on any atom is -0.466 e. The standard InChI is InChI=1S/C12H20O5/c1-3-16-11(14)9-10(13)12(17-4-2)5-7-15-8-6-12/h3-9H2,1-2H3. The summed E-state index contributed by atoms with van der Waals surface area (Å²) in [4.78, 5) is 23.4.